The van der Waals surface area contributed by atoms with Gasteiger partial charge in [0.25, 0.3) is 0 Å². The lowest BCUT2D eigenvalue weighted by Crippen LogP contribution is -2.42. The second kappa shape index (κ2) is 11.4. The van der Waals surface area contributed by atoms with E-state index in [1.54, 1.807) is 17.0 Å². The maximum Gasteiger partial charge on any atom is 0.234 e. The number of nitrogens with zero attached hydrogens (tertiary/aromatic N) is 1. The Bertz CT molecular complexity index is 1300. The zero-order valence-electron chi connectivity index (χ0n) is 23.7. The molecule has 2 saturated heterocycles. The molecular weight excluding hydrogens is 498 g/mol. The number of carbonyl (C=O) groups excluding carboxylic acids is 2. The normalized spacial score (nSPS) is 27.5. The lowest BCUT2D eigenvalue weighted by atomic mass is 9.67. The van der Waals surface area contributed by atoms with Gasteiger partial charge in [0, 0.05) is 12.0 Å². The van der Waals surface area contributed by atoms with E-state index in [9.17, 15) is 14.7 Å². The molecule has 3 fully saturated rings. The monoisotopic (exact) mass is 539 g/mol. The third-order valence-electron chi connectivity index (χ3n) is 9.67. The number of hydrogen-bond donors (Lipinski definition) is 1. The first-order valence-electron chi connectivity index (χ1n) is 15.2. The number of imide groups is 1. The Labute approximate surface area is 237 Å². The first kappa shape index (κ1) is 27.0. The molecule has 5 heteroatoms. The average Bonchev–Trinajstić information content (AvgIpc) is 3.50. The molecule has 2 aromatic rings. The van der Waals surface area contributed by atoms with E-state index in [0.717, 1.165) is 44.1 Å². The third-order valence-corrected chi connectivity index (χ3v) is 9.67. The molecule has 2 aliphatic carbocycles. The van der Waals surface area contributed by atoms with Crippen LogP contribution < -0.4 is 0 Å². The van der Waals surface area contributed by atoms with Crippen LogP contribution in [0.3, 0.4) is 0 Å². The molecule has 2 amide bonds. The van der Waals surface area contributed by atoms with Gasteiger partial charge >= 0.3 is 0 Å². The number of fused-ring (bicyclic) bond motifs is 3. The van der Waals surface area contributed by atoms with Crippen LogP contribution in [0.5, 0.6) is 5.75 Å². The summed E-state index contributed by atoms with van der Waals surface area (Å²) >= 11 is 0. The van der Waals surface area contributed by atoms with Crippen molar-refractivity contribution in [2.45, 2.75) is 77.4 Å². The van der Waals surface area contributed by atoms with Gasteiger partial charge in [-0.2, -0.15) is 0 Å². The number of allylic oxidation sites excluding steroid dienone is 2. The van der Waals surface area contributed by atoms with Crippen LogP contribution in [-0.4, -0.2) is 40.6 Å². The smallest absolute Gasteiger partial charge is 0.234 e. The topological polar surface area (TPSA) is 66.8 Å². The van der Waals surface area contributed by atoms with Crippen molar-refractivity contribution in [3.05, 3.63) is 76.9 Å². The molecule has 4 aliphatic rings. The van der Waals surface area contributed by atoms with Crippen molar-refractivity contribution in [3.63, 3.8) is 0 Å². The highest BCUT2D eigenvalue weighted by atomic mass is 16.5. The van der Waals surface area contributed by atoms with Crippen molar-refractivity contribution < 1.29 is 19.4 Å². The van der Waals surface area contributed by atoms with Gasteiger partial charge in [-0.05, 0) is 72.4 Å². The molecule has 4 atom stereocenters. The Hall–Kier alpha value is -3.18. The van der Waals surface area contributed by atoms with Crippen LogP contribution in [-0.2, 0) is 14.3 Å². The summed E-state index contributed by atoms with van der Waals surface area (Å²) in [7, 11) is 0. The van der Waals surface area contributed by atoms with Gasteiger partial charge in [-0.15, -0.1) is 0 Å². The number of aromatic hydroxyl groups is 1. The summed E-state index contributed by atoms with van der Waals surface area (Å²) in [5.74, 6) is 0.229. The number of benzene rings is 2. The molecular formula is C35H41NO4. The van der Waals surface area contributed by atoms with Gasteiger partial charge in [-0.1, -0.05) is 87.2 Å². The highest BCUT2D eigenvalue weighted by Crippen LogP contribution is 2.52. The Morgan fingerprint density at radius 3 is 2.40 bits per heavy atom. The van der Waals surface area contributed by atoms with Gasteiger partial charge < -0.3 is 9.84 Å². The lowest BCUT2D eigenvalue weighted by Gasteiger charge is -2.33. The molecule has 2 aromatic carbocycles. The number of phenols is 1. The van der Waals surface area contributed by atoms with E-state index in [4.69, 9.17) is 4.74 Å². The molecule has 0 aromatic heterocycles. The van der Waals surface area contributed by atoms with E-state index >= 15 is 0 Å². The Morgan fingerprint density at radius 2 is 1.70 bits per heavy atom. The van der Waals surface area contributed by atoms with E-state index in [1.165, 1.54) is 28.7 Å². The van der Waals surface area contributed by atoms with Crippen molar-refractivity contribution in [1.29, 1.82) is 0 Å². The van der Waals surface area contributed by atoms with Crippen LogP contribution in [0.15, 0.2) is 65.7 Å². The van der Waals surface area contributed by atoms with Crippen molar-refractivity contribution in [2.75, 3.05) is 6.61 Å². The minimum atomic E-state index is -0.266. The number of hydrogen-bond acceptors (Lipinski definition) is 4. The van der Waals surface area contributed by atoms with Crippen LogP contribution in [0.1, 0.15) is 76.3 Å². The second-order valence-corrected chi connectivity index (χ2v) is 12.4. The number of rotatable bonds is 7. The van der Waals surface area contributed by atoms with E-state index in [1.807, 2.05) is 18.2 Å². The molecule has 0 spiro atoms. The molecule has 40 heavy (non-hydrogen) atoms. The summed E-state index contributed by atoms with van der Waals surface area (Å²) in [4.78, 5) is 29.2. The van der Waals surface area contributed by atoms with E-state index in [2.05, 4.69) is 44.2 Å². The van der Waals surface area contributed by atoms with E-state index in [-0.39, 0.29) is 47.5 Å². The molecule has 6 rings (SSSR count). The quantitative estimate of drug-likeness (QED) is 0.233. The Morgan fingerprint density at radius 1 is 0.975 bits per heavy atom. The first-order valence-corrected chi connectivity index (χ1v) is 15.2. The molecule has 5 nitrogen and oxygen atoms in total. The van der Waals surface area contributed by atoms with Crippen LogP contribution in [0, 0.1) is 23.7 Å². The molecule has 1 N–H and O–H groups in total. The Kier molecular flexibility index (Phi) is 7.67. The van der Waals surface area contributed by atoms with Gasteiger partial charge in [0.05, 0.1) is 24.5 Å². The number of ether oxygens (including phenoxy) is 1. The highest BCUT2D eigenvalue weighted by molar-refractivity contribution is 6.06. The second-order valence-electron chi connectivity index (χ2n) is 12.4. The molecule has 0 radical (unpaired) electrons. The van der Waals surface area contributed by atoms with Crippen molar-refractivity contribution in [1.82, 2.24) is 4.90 Å². The van der Waals surface area contributed by atoms with Gasteiger partial charge in [-0.3, -0.25) is 14.5 Å². The van der Waals surface area contributed by atoms with Crippen molar-refractivity contribution >= 4 is 23.5 Å². The fourth-order valence-electron chi connectivity index (χ4n) is 7.69. The lowest BCUT2D eigenvalue weighted by molar-refractivity contribution is -0.143. The fraction of sp³-hybridized carbons (Fsp3) is 0.486. The molecule has 2 aliphatic heterocycles. The molecule has 210 valence electrons. The van der Waals surface area contributed by atoms with Crippen LogP contribution >= 0.6 is 0 Å². The Balaban J connectivity index is 1.26. The fourth-order valence-corrected chi connectivity index (χ4v) is 7.69. The van der Waals surface area contributed by atoms with Gasteiger partial charge in [0.15, 0.2) is 0 Å². The minimum absolute atomic E-state index is 0.00689. The molecule has 0 bridgehead atoms. The van der Waals surface area contributed by atoms with Crippen LogP contribution in [0.25, 0.3) is 11.6 Å². The van der Waals surface area contributed by atoms with Crippen molar-refractivity contribution in [2.24, 2.45) is 23.7 Å². The largest absolute Gasteiger partial charge is 0.508 e. The average molecular weight is 540 g/mol. The van der Waals surface area contributed by atoms with E-state index in [0.29, 0.717) is 18.9 Å². The van der Waals surface area contributed by atoms with Crippen LogP contribution in [0.4, 0.5) is 0 Å². The SMILES string of the molecule is CC(C)C1=C2[C@@H](CC/C(=C/c3ccc(O)cc3)c3ccccc3)OC[C@@H]2[C@@H]2C(=O)N(C3CCCCC3)C(=O)[C@@H]2C1. The van der Waals surface area contributed by atoms with Crippen LogP contribution in [0.2, 0.25) is 0 Å². The van der Waals surface area contributed by atoms with Gasteiger partial charge in [0.2, 0.25) is 11.8 Å². The maximum absolute atomic E-state index is 13.9. The van der Waals surface area contributed by atoms with Crippen molar-refractivity contribution in [3.8, 4) is 5.75 Å². The highest BCUT2D eigenvalue weighted by Gasteiger charge is 2.58. The summed E-state index contributed by atoms with van der Waals surface area (Å²) in [5, 5.41) is 9.73. The summed E-state index contributed by atoms with van der Waals surface area (Å²) in [6.45, 7) is 4.96. The molecule has 0 unspecified atom stereocenters. The van der Waals surface area contributed by atoms with Gasteiger partial charge in [0.1, 0.15) is 5.75 Å². The third kappa shape index (κ3) is 5.05. The number of phenolic OH excluding ortho intramolecular Hbond substituents is 1. The molecule has 2 heterocycles. The summed E-state index contributed by atoms with van der Waals surface area (Å²) in [6, 6.07) is 17.8. The summed E-state index contributed by atoms with van der Waals surface area (Å²) < 4.78 is 6.50. The number of likely N-dealkylation sites (tertiary alicyclic amines) is 1. The first-order chi connectivity index (χ1) is 19.4. The standard InChI is InChI=1S/C35H41NO4/c1-22(2)28-20-29-33(35(39)36(34(29)38)26-11-7-4-8-12-26)30-21-40-31(32(28)30)18-15-25(24-9-5-3-6-10-24)19-23-13-16-27(37)17-14-23/h3,5-6,9-10,13-14,16-17,19,22,26,29-31,33,37H,4,7-8,11-12,15,18,20-21H2,1-2H3/b25-19-/t29-,30+,31-,33-/m1/s1. The number of amides is 2. The minimum Gasteiger partial charge on any atom is -0.508 e. The zero-order valence-corrected chi connectivity index (χ0v) is 23.7. The van der Waals surface area contributed by atoms with E-state index < -0.39 is 0 Å². The predicted octanol–water partition coefficient (Wildman–Crippen LogP) is 7.02. The predicted molar refractivity (Wildman–Crippen MR) is 157 cm³/mol. The maximum atomic E-state index is 13.9. The summed E-state index contributed by atoms with van der Waals surface area (Å²) in [5.41, 5.74) is 6.08. The zero-order chi connectivity index (χ0) is 27.8. The van der Waals surface area contributed by atoms with Gasteiger partial charge in [-0.25, -0.2) is 0 Å². The number of carbonyl (C=O) groups is 2. The molecule has 1 saturated carbocycles. The summed E-state index contributed by atoms with van der Waals surface area (Å²) in [6.07, 6.45) is 9.81.